The maximum atomic E-state index is 12.9. The van der Waals surface area contributed by atoms with Gasteiger partial charge in [0.1, 0.15) is 5.75 Å². The Bertz CT molecular complexity index is 990. The van der Waals surface area contributed by atoms with Gasteiger partial charge in [0.25, 0.3) is 11.8 Å². The van der Waals surface area contributed by atoms with Gasteiger partial charge in [0.05, 0.1) is 15.1 Å². The van der Waals surface area contributed by atoms with Crippen molar-refractivity contribution >= 4 is 56.4 Å². The standard InChI is InChI=1S/C21H20BrN3O3S/c1-13(2)25-20(27)18(29-21(25)24-15-6-4-3-5-7-15)11-14-8-9-17(16(22)10-14)28-12-19(23)26/h3-11,13H,12H2,1-2H3,(H2,23,26). The van der Waals surface area contributed by atoms with E-state index < -0.39 is 5.91 Å². The normalized spacial score (nSPS) is 16.8. The number of para-hydroxylation sites is 1. The van der Waals surface area contributed by atoms with E-state index in [4.69, 9.17) is 10.5 Å². The van der Waals surface area contributed by atoms with Crippen LogP contribution in [-0.2, 0) is 9.59 Å². The van der Waals surface area contributed by atoms with Gasteiger partial charge in [-0.1, -0.05) is 24.3 Å². The van der Waals surface area contributed by atoms with E-state index in [1.807, 2.05) is 62.4 Å². The second-order valence-electron chi connectivity index (χ2n) is 6.55. The number of hydrogen-bond donors (Lipinski definition) is 1. The summed E-state index contributed by atoms with van der Waals surface area (Å²) in [6, 6.07) is 14.9. The molecule has 1 saturated heterocycles. The third-order valence-corrected chi connectivity index (χ3v) is 5.56. The lowest BCUT2D eigenvalue weighted by atomic mass is 10.2. The molecule has 0 spiro atoms. The van der Waals surface area contributed by atoms with Crippen molar-refractivity contribution in [3.8, 4) is 5.75 Å². The highest BCUT2D eigenvalue weighted by molar-refractivity contribution is 9.10. The van der Waals surface area contributed by atoms with Gasteiger partial charge in [-0.05, 0) is 77.4 Å². The smallest absolute Gasteiger partial charge is 0.266 e. The summed E-state index contributed by atoms with van der Waals surface area (Å²) >= 11 is 4.77. The Morgan fingerprint density at radius 1 is 1.28 bits per heavy atom. The van der Waals surface area contributed by atoms with Gasteiger partial charge in [0.15, 0.2) is 11.8 Å². The Morgan fingerprint density at radius 3 is 2.62 bits per heavy atom. The molecule has 1 aliphatic heterocycles. The van der Waals surface area contributed by atoms with E-state index in [-0.39, 0.29) is 18.6 Å². The van der Waals surface area contributed by atoms with Gasteiger partial charge < -0.3 is 10.5 Å². The Kier molecular flexibility index (Phi) is 6.76. The fourth-order valence-corrected chi connectivity index (χ4v) is 4.29. The molecule has 1 heterocycles. The molecule has 2 aromatic carbocycles. The zero-order valence-electron chi connectivity index (χ0n) is 16.0. The second kappa shape index (κ2) is 9.28. The highest BCUT2D eigenvalue weighted by Crippen LogP contribution is 2.36. The van der Waals surface area contributed by atoms with Crippen LogP contribution in [0.1, 0.15) is 19.4 Å². The van der Waals surface area contributed by atoms with E-state index >= 15 is 0 Å². The molecular formula is C21H20BrN3O3S. The Labute approximate surface area is 181 Å². The Morgan fingerprint density at radius 2 is 2.00 bits per heavy atom. The van der Waals surface area contributed by atoms with Crippen LogP contribution >= 0.6 is 27.7 Å². The van der Waals surface area contributed by atoms with Crippen molar-refractivity contribution in [2.24, 2.45) is 10.7 Å². The van der Waals surface area contributed by atoms with Crippen LogP contribution in [0.15, 0.2) is 62.9 Å². The number of ether oxygens (including phenoxy) is 1. The molecule has 0 bridgehead atoms. The largest absolute Gasteiger partial charge is 0.483 e. The monoisotopic (exact) mass is 473 g/mol. The van der Waals surface area contributed by atoms with Gasteiger partial charge in [0.2, 0.25) is 0 Å². The summed E-state index contributed by atoms with van der Waals surface area (Å²) in [6.45, 7) is 3.72. The summed E-state index contributed by atoms with van der Waals surface area (Å²) in [6.07, 6.45) is 1.82. The SMILES string of the molecule is CC(C)N1C(=O)C(=Cc2ccc(OCC(N)=O)c(Br)c2)SC1=Nc1ccccc1. The average molecular weight is 474 g/mol. The molecule has 8 heteroatoms. The number of carbonyl (C=O) groups excluding carboxylic acids is 2. The number of nitrogens with two attached hydrogens (primary N) is 1. The van der Waals surface area contributed by atoms with Crippen LogP contribution in [0.2, 0.25) is 0 Å². The molecule has 3 rings (SSSR count). The summed E-state index contributed by atoms with van der Waals surface area (Å²) in [5.74, 6) is -0.119. The Hall–Kier alpha value is -2.58. The molecule has 2 aromatic rings. The van der Waals surface area contributed by atoms with Crippen LogP contribution in [-0.4, -0.2) is 34.5 Å². The number of amidine groups is 1. The van der Waals surface area contributed by atoms with Crippen molar-refractivity contribution in [2.75, 3.05) is 6.61 Å². The zero-order chi connectivity index (χ0) is 21.0. The van der Waals surface area contributed by atoms with Gasteiger partial charge >= 0.3 is 0 Å². The number of hydrogen-bond acceptors (Lipinski definition) is 5. The minimum Gasteiger partial charge on any atom is -0.483 e. The summed E-state index contributed by atoms with van der Waals surface area (Å²) < 4.78 is 6.00. The molecule has 6 nitrogen and oxygen atoms in total. The van der Waals surface area contributed by atoms with Crippen LogP contribution in [0, 0.1) is 0 Å². The molecule has 29 heavy (non-hydrogen) atoms. The minimum absolute atomic E-state index is 0.0142. The van der Waals surface area contributed by atoms with Crippen LogP contribution in [0.3, 0.4) is 0 Å². The molecule has 1 aliphatic rings. The molecule has 0 radical (unpaired) electrons. The molecule has 2 amide bonds. The maximum absolute atomic E-state index is 12.9. The Balaban J connectivity index is 1.87. The van der Waals surface area contributed by atoms with E-state index in [0.717, 1.165) is 11.3 Å². The summed E-state index contributed by atoms with van der Waals surface area (Å²) in [5.41, 5.74) is 6.73. The van der Waals surface area contributed by atoms with Crippen molar-refractivity contribution < 1.29 is 14.3 Å². The molecule has 0 aromatic heterocycles. The highest BCUT2D eigenvalue weighted by atomic mass is 79.9. The summed E-state index contributed by atoms with van der Waals surface area (Å²) in [5, 5.41) is 0.655. The van der Waals surface area contributed by atoms with E-state index in [0.29, 0.717) is 20.3 Å². The summed E-state index contributed by atoms with van der Waals surface area (Å²) in [7, 11) is 0. The predicted octanol–water partition coefficient (Wildman–Crippen LogP) is 4.33. The number of primary amides is 1. The predicted molar refractivity (Wildman–Crippen MR) is 120 cm³/mol. The first kappa shape index (κ1) is 21.1. The molecule has 2 N–H and O–H groups in total. The first-order chi connectivity index (χ1) is 13.8. The molecule has 0 unspecified atom stereocenters. The third-order valence-electron chi connectivity index (χ3n) is 3.96. The number of rotatable bonds is 6. The van der Waals surface area contributed by atoms with E-state index in [2.05, 4.69) is 20.9 Å². The van der Waals surface area contributed by atoms with Crippen LogP contribution in [0.5, 0.6) is 5.75 Å². The van der Waals surface area contributed by atoms with Gasteiger partial charge in [-0.3, -0.25) is 14.5 Å². The van der Waals surface area contributed by atoms with Gasteiger partial charge in [-0.25, -0.2) is 4.99 Å². The number of amides is 2. The number of aliphatic imine (C=N–C) groups is 1. The highest BCUT2D eigenvalue weighted by Gasteiger charge is 2.35. The molecule has 0 atom stereocenters. The van der Waals surface area contributed by atoms with E-state index in [1.165, 1.54) is 11.8 Å². The van der Waals surface area contributed by atoms with Crippen molar-refractivity contribution in [1.29, 1.82) is 0 Å². The maximum Gasteiger partial charge on any atom is 0.266 e. The van der Waals surface area contributed by atoms with Crippen LogP contribution in [0.4, 0.5) is 5.69 Å². The van der Waals surface area contributed by atoms with E-state index in [9.17, 15) is 9.59 Å². The lowest BCUT2D eigenvalue weighted by molar-refractivity contribution is -0.123. The lowest BCUT2D eigenvalue weighted by Crippen LogP contribution is -2.35. The fraction of sp³-hybridized carbons (Fsp3) is 0.190. The number of nitrogens with zero attached hydrogens (tertiary/aromatic N) is 2. The third kappa shape index (κ3) is 5.27. The van der Waals surface area contributed by atoms with Crippen LogP contribution in [0.25, 0.3) is 6.08 Å². The van der Waals surface area contributed by atoms with Gasteiger partial charge in [0, 0.05) is 6.04 Å². The van der Waals surface area contributed by atoms with Crippen molar-refractivity contribution in [3.63, 3.8) is 0 Å². The molecule has 0 saturated carbocycles. The average Bonchev–Trinajstić information content (AvgIpc) is 2.96. The molecule has 1 fully saturated rings. The second-order valence-corrected chi connectivity index (χ2v) is 8.42. The number of carbonyl (C=O) groups is 2. The van der Waals surface area contributed by atoms with Crippen LogP contribution < -0.4 is 10.5 Å². The number of thioether (sulfide) groups is 1. The number of benzene rings is 2. The molecule has 150 valence electrons. The first-order valence-corrected chi connectivity index (χ1v) is 10.5. The quantitative estimate of drug-likeness (QED) is 0.632. The molecule has 0 aliphatic carbocycles. The summed E-state index contributed by atoms with van der Waals surface area (Å²) in [4.78, 5) is 30.8. The topological polar surface area (TPSA) is 85.0 Å². The van der Waals surface area contributed by atoms with Crippen molar-refractivity contribution in [3.05, 3.63) is 63.5 Å². The lowest BCUT2D eigenvalue weighted by Gasteiger charge is -2.19. The van der Waals surface area contributed by atoms with E-state index in [1.54, 1.807) is 11.0 Å². The van der Waals surface area contributed by atoms with Gasteiger partial charge in [-0.15, -0.1) is 0 Å². The zero-order valence-corrected chi connectivity index (χ0v) is 18.4. The van der Waals surface area contributed by atoms with Crippen molar-refractivity contribution in [1.82, 2.24) is 4.90 Å². The van der Waals surface area contributed by atoms with Gasteiger partial charge in [-0.2, -0.15) is 0 Å². The fourth-order valence-electron chi connectivity index (χ4n) is 2.66. The minimum atomic E-state index is -0.546. The number of halogens is 1. The van der Waals surface area contributed by atoms with Crippen molar-refractivity contribution in [2.45, 2.75) is 19.9 Å². The first-order valence-electron chi connectivity index (χ1n) is 8.92. The molecular weight excluding hydrogens is 454 g/mol.